The average Bonchev–Trinajstić information content (AvgIpc) is 2.79. The van der Waals surface area contributed by atoms with E-state index in [0.717, 1.165) is 61.3 Å². The smallest absolute Gasteiger partial charge is 0.338 e. The van der Waals surface area contributed by atoms with Gasteiger partial charge in [0, 0.05) is 55.9 Å². The van der Waals surface area contributed by atoms with Gasteiger partial charge in [-0.25, -0.2) is 4.79 Å². The van der Waals surface area contributed by atoms with E-state index in [1.807, 2.05) is 20.8 Å². The summed E-state index contributed by atoms with van der Waals surface area (Å²) >= 11 is 0. The van der Waals surface area contributed by atoms with Crippen molar-refractivity contribution in [2.75, 3.05) is 52.1 Å². The summed E-state index contributed by atoms with van der Waals surface area (Å²) in [5, 5.41) is 14.6. The molecule has 1 aromatic rings. The number of hydrogen-bond donors (Lipinski definition) is 3. The summed E-state index contributed by atoms with van der Waals surface area (Å²) in [6.07, 6.45) is 5.68. The highest BCUT2D eigenvalue weighted by molar-refractivity contribution is 6.01. The van der Waals surface area contributed by atoms with Crippen molar-refractivity contribution in [1.82, 2.24) is 4.90 Å². The van der Waals surface area contributed by atoms with Gasteiger partial charge in [-0.3, -0.25) is 0 Å². The topological polar surface area (TPSA) is 86.7 Å². The number of carbonyl (C=O) groups excluding carboxylic acids is 1. The second kappa shape index (κ2) is 13.2. The summed E-state index contributed by atoms with van der Waals surface area (Å²) < 4.78 is 10.1. The molecular weight excluding hydrogens is 380 g/mol. The van der Waals surface area contributed by atoms with Crippen LogP contribution in [0.1, 0.15) is 61.0 Å². The molecule has 1 aliphatic rings. The van der Waals surface area contributed by atoms with Crippen molar-refractivity contribution in [3.63, 3.8) is 0 Å². The maximum absolute atomic E-state index is 12.2. The summed E-state index contributed by atoms with van der Waals surface area (Å²) in [7, 11) is 7.08. The Balaban J connectivity index is 0.00000218. The van der Waals surface area contributed by atoms with E-state index in [1.165, 1.54) is 13.3 Å². The minimum Gasteiger partial charge on any atom is -0.465 e. The molecule has 7 nitrogen and oxygen atoms in total. The van der Waals surface area contributed by atoms with Gasteiger partial charge in [-0.2, -0.15) is 0 Å². The number of likely N-dealkylation sites (N-methyl/N-ethyl adjacent to an activating group) is 1. The minimum absolute atomic E-state index is 0.321. The van der Waals surface area contributed by atoms with Crippen LogP contribution in [0.5, 0.6) is 0 Å². The minimum atomic E-state index is -0.364. The SMILES string of the molecule is CC.CNc1cc(C(=O)OC)c(C)c(NC2CCC(N(C)CCOC)CC2)c1C=N. The molecule has 3 N–H and O–H groups in total. The molecule has 0 bridgehead atoms. The van der Waals surface area contributed by atoms with Gasteiger partial charge >= 0.3 is 5.97 Å². The molecule has 170 valence electrons. The zero-order valence-corrected chi connectivity index (χ0v) is 19.7. The van der Waals surface area contributed by atoms with E-state index in [-0.39, 0.29) is 5.97 Å². The second-order valence-corrected chi connectivity index (χ2v) is 7.39. The Hall–Kier alpha value is -2.12. The van der Waals surface area contributed by atoms with Crippen molar-refractivity contribution in [3.8, 4) is 0 Å². The predicted octanol–water partition coefficient (Wildman–Crippen LogP) is 4.15. The van der Waals surface area contributed by atoms with Crippen molar-refractivity contribution in [2.45, 2.75) is 58.5 Å². The Labute approximate surface area is 182 Å². The van der Waals surface area contributed by atoms with Gasteiger partial charge in [-0.15, -0.1) is 0 Å². The maximum atomic E-state index is 12.2. The third kappa shape index (κ3) is 6.44. The van der Waals surface area contributed by atoms with Crippen LogP contribution in [0.3, 0.4) is 0 Å². The number of ether oxygens (including phenoxy) is 2. The van der Waals surface area contributed by atoms with E-state index in [9.17, 15) is 4.79 Å². The van der Waals surface area contributed by atoms with Crippen molar-refractivity contribution >= 4 is 23.6 Å². The summed E-state index contributed by atoms with van der Waals surface area (Å²) in [6, 6.07) is 2.65. The molecule has 0 spiro atoms. The Kier molecular flexibility index (Phi) is 11.4. The molecule has 0 heterocycles. The summed E-state index contributed by atoms with van der Waals surface area (Å²) in [5.41, 5.74) is 3.71. The number of nitrogens with zero attached hydrogens (tertiary/aromatic N) is 1. The Morgan fingerprint density at radius 2 is 1.90 bits per heavy atom. The fourth-order valence-electron chi connectivity index (χ4n) is 3.95. The molecule has 1 fully saturated rings. The van der Waals surface area contributed by atoms with Gasteiger partial charge in [-0.05, 0) is 51.3 Å². The number of methoxy groups -OCH3 is 2. The molecule has 1 aromatic carbocycles. The maximum Gasteiger partial charge on any atom is 0.338 e. The Morgan fingerprint density at radius 1 is 1.27 bits per heavy atom. The average molecular weight is 421 g/mol. The number of benzene rings is 1. The van der Waals surface area contributed by atoms with E-state index in [2.05, 4.69) is 22.6 Å². The van der Waals surface area contributed by atoms with Crippen LogP contribution in [-0.4, -0.2) is 70.6 Å². The molecule has 0 atom stereocenters. The van der Waals surface area contributed by atoms with Crippen LogP contribution in [0.25, 0.3) is 0 Å². The molecular formula is C23H40N4O3. The fourth-order valence-corrected chi connectivity index (χ4v) is 3.95. The van der Waals surface area contributed by atoms with Gasteiger partial charge in [0.25, 0.3) is 0 Å². The van der Waals surface area contributed by atoms with E-state index >= 15 is 0 Å². The van der Waals surface area contributed by atoms with E-state index in [0.29, 0.717) is 17.6 Å². The molecule has 0 unspecified atom stereocenters. The lowest BCUT2D eigenvalue weighted by molar-refractivity contribution is 0.0600. The molecule has 2 rings (SSSR count). The predicted molar refractivity (Wildman–Crippen MR) is 125 cm³/mol. The lowest BCUT2D eigenvalue weighted by Crippen LogP contribution is -2.39. The molecule has 0 radical (unpaired) electrons. The summed E-state index contributed by atoms with van der Waals surface area (Å²) in [6.45, 7) is 7.61. The lowest BCUT2D eigenvalue weighted by Gasteiger charge is -2.36. The number of rotatable bonds is 9. The molecule has 0 amide bonds. The monoisotopic (exact) mass is 420 g/mol. The van der Waals surface area contributed by atoms with E-state index in [4.69, 9.17) is 14.9 Å². The van der Waals surface area contributed by atoms with Gasteiger partial charge < -0.3 is 30.4 Å². The zero-order valence-electron chi connectivity index (χ0n) is 19.7. The highest BCUT2D eigenvalue weighted by Crippen LogP contribution is 2.33. The van der Waals surface area contributed by atoms with Gasteiger partial charge in [-0.1, -0.05) is 13.8 Å². The van der Waals surface area contributed by atoms with Crippen molar-refractivity contribution in [3.05, 3.63) is 22.8 Å². The van der Waals surface area contributed by atoms with Gasteiger partial charge in [0.05, 0.1) is 19.3 Å². The molecule has 7 heteroatoms. The van der Waals surface area contributed by atoms with Crippen molar-refractivity contribution < 1.29 is 14.3 Å². The Bertz CT molecular complexity index is 686. The molecule has 1 aliphatic carbocycles. The zero-order chi connectivity index (χ0) is 22.7. The first-order valence-corrected chi connectivity index (χ1v) is 10.9. The summed E-state index contributed by atoms with van der Waals surface area (Å²) in [4.78, 5) is 14.6. The van der Waals surface area contributed by atoms with Crippen LogP contribution >= 0.6 is 0 Å². The lowest BCUT2D eigenvalue weighted by atomic mass is 9.89. The molecule has 0 aromatic heterocycles. The van der Waals surface area contributed by atoms with Gasteiger partial charge in [0.15, 0.2) is 0 Å². The number of anilines is 2. The highest BCUT2D eigenvalue weighted by atomic mass is 16.5. The second-order valence-electron chi connectivity index (χ2n) is 7.39. The first-order valence-electron chi connectivity index (χ1n) is 10.9. The van der Waals surface area contributed by atoms with Crippen LogP contribution in [0, 0.1) is 12.3 Å². The van der Waals surface area contributed by atoms with E-state index < -0.39 is 0 Å². The van der Waals surface area contributed by atoms with Crippen LogP contribution in [0.2, 0.25) is 0 Å². The number of carbonyl (C=O) groups is 1. The normalized spacial score (nSPS) is 18.3. The van der Waals surface area contributed by atoms with Gasteiger partial charge in [0.2, 0.25) is 0 Å². The molecule has 0 aliphatic heterocycles. The third-order valence-corrected chi connectivity index (χ3v) is 5.76. The van der Waals surface area contributed by atoms with Crippen LogP contribution < -0.4 is 10.6 Å². The van der Waals surface area contributed by atoms with Crippen LogP contribution in [0.15, 0.2) is 6.07 Å². The van der Waals surface area contributed by atoms with Gasteiger partial charge in [0.1, 0.15) is 0 Å². The molecule has 30 heavy (non-hydrogen) atoms. The summed E-state index contributed by atoms with van der Waals surface area (Å²) in [5.74, 6) is -0.364. The van der Waals surface area contributed by atoms with Crippen LogP contribution in [0.4, 0.5) is 11.4 Å². The number of nitrogens with one attached hydrogen (secondary N) is 3. The standard InChI is InChI=1S/C21H34N4O3.C2H6/c1-14-17(21(26)28-5)12-19(23-2)18(13-22)20(14)24-15-6-8-16(9-7-15)25(3)10-11-27-4;1-2/h12-13,15-16,22-24H,6-11H2,1-5H3;1-2H3. The van der Waals surface area contributed by atoms with E-state index in [1.54, 1.807) is 20.2 Å². The molecule has 0 saturated heterocycles. The Morgan fingerprint density at radius 3 is 2.40 bits per heavy atom. The quantitative estimate of drug-likeness (QED) is 0.411. The van der Waals surface area contributed by atoms with Crippen molar-refractivity contribution in [2.24, 2.45) is 0 Å². The number of esters is 1. The van der Waals surface area contributed by atoms with Crippen LogP contribution in [-0.2, 0) is 9.47 Å². The largest absolute Gasteiger partial charge is 0.465 e. The first kappa shape index (κ1) is 25.9. The fraction of sp³-hybridized carbons (Fsp3) is 0.652. The highest BCUT2D eigenvalue weighted by Gasteiger charge is 2.26. The molecule has 1 saturated carbocycles. The first-order chi connectivity index (χ1) is 14.5. The third-order valence-electron chi connectivity index (χ3n) is 5.76. The van der Waals surface area contributed by atoms with Crippen molar-refractivity contribution in [1.29, 1.82) is 5.41 Å². The number of hydrogen-bond acceptors (Lipinski definition) is 7.